The van der Waals surface area contributed by atoms with Gasteiger partial charge in [-0.3, -0.25) is 14.9 Å². The minimum absolute atomic E-state index is 0.357. The largest absolute Gasteiger partial charge is 0.444 e. The summed E-state index contributed by atoms with van der Waals surface area (Å²) in [6.07, 6.45) is 2.68. The lowest BCUT2D eigenvalue weighted by atomic mass is 10.1. The number of nitrogens with one attached hydrogen (secondary N) is 3. The molecule has 25 heavy (non-hydrogen) atoms. The van der Waals surface area contributed by atoms with E-state index in [1.807, 2.05) is 12.1 Å². The van der Waals surface area contributed by atoms with Crippen molar-refractivity contribution in [1.82, 2.24) is 20.5 Å². The SMILES string of the molecule is CC(C)(C)OC(=O)NC(C)(C)C(=O)Nc1cc(-c2ccncc2)[nH]n1. The van der Waals surface area contributed by atoms with Crippen LogP contribution in [0, 0.1) is 0 Å². The average molecular weight is 345 g/mol. The third-order valence-electron chi connectivity index (χ3n) is 3.19. The first kappa shape index (κ1) is 18.4. The summed E-state index contributed by atoms with van der Waals surface area (Å²) in [5.41, 5.74) is -0.166. The fraction of sp³-hybridized carbons (Fsp3) is 0.412. The Balaban J connectivity index is 2.01. The van der Waals surface area contributed by atoms with Gasteiger partial charge in [-0.25, -0.2) is 4.79 Å². The Morgan fingerprint density at radius 2 is 1.76 bits per heavy atom. The Morgan fingerprint density at radius 1 is 1.12 bits per heavy atom. The molecular weight excluding hydrogens is 322 g/mol. The minimum Gasteiger partial charge on any atom is -0.444 e. The van der Waals surface area contributed by atoms with Crippen LogP contribution >= 0.6 is 0 Å². The molecule has 0 atom stereocenters. The lowest BCUT2D eigenvalue weighted by molar-refractivity contribution is -0.121. The predicted octanol–water partition coefficient (Wildman–Crippen LogP) is 2.71. The first-order valence-corrected chi connectivity index (χ1v) is 7.85. The van der Waals surface area contributed by atoms with Crippen LogP contribution in [0.5, 0.6) is 0 Å². The number of ether oxygens (including phenoxy) is 1. The first-order chi connectivity index (χ1) is 11.6. The maximum atomic E-state index is 12.4. The van der Waals surface area contributed by atoms with E-state index in [1.165, 1.54) is 0 Å². The van der Waals surface area contributed by atoms with E-state index in [0.29, 0.717) is 5.82 Å². The minimum atomic E-state index is -1.17. The molecule has 0 fully saturated rings. The second-order valence-corrected chi connectivity index (χ2v) is 7.11. The average Bonchev–Trinajstić information content (AvgIpc) is 2.94. The van der Waals surface area contributed by atoms with E-state index < -0.39 is 23.1 Å². The summed E-state index contributed by atoms with van der Waals surface area (Å²) in [7, 11) is 0. The summed E-state index contributed by atoms with van der Waals surface area (Å²) in [5, 5.41) is 12.1. The van der Waals surface area contributed by atoms with E-state index in [9.17, 15) is 9.59 Å². The Bertz CT molecular complexity index is 747. The lowest BCUT2D eigenvalue weighted by Gasteiger charge is -2.27. The summed E-state index contributed by atoms with van der Waals surface area (Å²) >= 11 is 0. The molecule has 2 heterocycles. The van der Waals surface area contributed by atoms with Crippen molar-refractivity contribution in [3.8, 4) is 11.3 Å². The van der Waals surface area contributed by atoms with Crippen molar-refractivity contribution in [2.75, 3.05) is 5.32 Å². The van der Waals surface area contributed by atoms with Crippen LogP contribution in [-0.2, 0) is 9.53 Å². The Morgan fingerprint density at radius 3 is 2.36 bits per heavy atom. The van der Waals surface area contributed by atoms with Gasteiger partial charge in [-0.2, -0.15) is 5.10 Å². The molecule has 0 aliphatic carbocycles. The van der Waals surface area contributed by atoms with E-state index in [-0.39, 0.29) is 0 Å². The number of alkyl carbamates (subject to hydrolysis) is 1. The van der Waals surface area contributed by atoms with Crippen molar-refractivity contribution in [1.29, 1.82) is 0 Å². The van der Waals surface area contributed by atoms with Gasteiger partial charge in [0, 0.05) is 24.0 Å². The van der Waals surface area contributed by atoms with Crippen molar-refractivity contribution < 1.29 is 14.3 Å². The Kier molecular flexibility index (Phi) is 5.10. The number of rotatable bonds is 4. The van der Waals surface area contributed by atoms with Gasteiger partial charge in [0.25, 0.3) is 5.91 Å². The highest BCUT2D eigenvalue weighted by Gasteiger charge is 2.32. The van der Waals surface area contributed by atoms with Gasteiger partial charge in [0.2, 0.25) is 0 Å². The van der Waals surface area contributed by atoms with Gasteiger partial charge in [0.1, 0.15) is 11.1 Å². The highest BCUT2D eigenvalue weighted by Crippen LogP contribution is 2.19. The Hall–Kier alpha value is -2.90. The highest BCUT2D eigenvalue weighted by molar-refractivity contribution is 5.99. The second-order valence-electron chi connectivity index (χ2n) is 7.11. The van der Waals surface area contributed by atoms with Gasteiger partial charge in [0.05, 0.1) is 5.69 Å². The number of pyridine rings is 1. The maximum absolute atomic E-state index is 12.4. The summed E-state index contributed by atoms with van der Waals surface area (Å²) in [4.78, 5) is 28.3. The number of aromatic amines is 1. The summed E-state index contributed by atoms with van der Waals surface area (Å²) in [5.74, 6) is -0.0537. The molecule has 134 valence electrons. The van der Waals surface area contributed by atoms with Crippen LogP contribution in [0.4, 0.5) is 10.6 Å². The molecular formula is C17H23N5O3. The third-order valence-corrected chi connectivity index (χ3v) is 3.19. The molecule has 0 aromatic carbocycles. The van der Waals surface area contributed by atoms with E-state index in [4.69, 9.17) is 4.74 Å². The molecule has 0 aliphatic heterocycles. The monoisotopic (exact) mass is 345 g/mol. The van der Waals surface area contributed by atoms with Gasteiger partial charge in [0.15, 0.2) is 5.82 Å². The van der Waals surface area contributed by atoms with Crippen molar-refractivity contribution >= 4 is 17.8 Å². The molecule has 0 spiro atoms. The molecule has 2 aromatic rings. The third kappa shape index (κ3) is 5.30. The number of carbonyl (C=O) groups excluding carboxylic acids is 2. The molecule has 0 unspecified atom stereocenters. The molecule has 0 aliphatic rings. The predicted molar refractivity (Wildman–Crippen MR) is 93.9 cm³/mol. The zero-order valence-electron chi connectivity index (χ0n) is 15.0. The molecule has 8 heteroatoms. The zero-order chi connectivity index (χ0) is 18.7. The molecule has 2 amide bonds. The van der Waals surface area contributed by atoms with Crippen molar-refractivity contribution in [3.05, 3.63) is 30.6 Å². The lowest BCUT2D eigenvalue weighted by Crippen LogP contribution is -2.53. The van der Waals surface area contributed by atoms with Crippen LogP contribution in [-0.4, -0.2) is 38.3 Å². The van der Waals surface area contributed by atoms with Crippen LogP contribution < -0.4 is 10.6 Å². The fourth-order valence-corrected chi connectivity index (χ4v) is 1.95. The number of carbonyl (C=O) groups is 2. The van der Waals surface area contributed by atoms with Crippen LogP contribution in [0.3, 0.4) is 0 Å². The normalized spacial score (nSPS) is 11.7. The van der Waals surface area contributed by atoms with Crippen LogP contribution in [0.15, 0.2) is 30.6 Å². The van der Waals surface area contributed by atoms with E-state index >= 15 is 0 Å². The first-order valence-electron chi connectivity index (χ1n) is 7.85. The quantitative estimate of drug-likeness (QED) is 0.789. The number of amides is 2. The van der Waals surface area contributed by atoms with Gasteiger partial charge >= 0.3 is 6.09 Å². The topological polar surface area (TPSA) is 109 Å². The van der Waals surface area contributed by atoms with E-state index in [1.54, 1.807) is 53.1 Å². The van der Waals surface area contributed by atoms with E-state index in [2.05, 4.69) is 25.8 Å². The van der Waals surface area contributed by atoms with Crippen LogP contribution in [0.25, 0.3) is 11.3 Å². The van der Waals surface area contributed by atoms with Crippen molar-refractivity contribution in [2.24, 2.45) is 0 Å². The molecule has 3 N–H and O–H groups in total. The smallest absolute Gasteiger partial charge is 0.408 e. The van der Waals surface area contributed by atoms with Gasteiger partial charge < -0.3 is 15.4 Å². The van der Waals surface area contributed by atoms with Gasteiger partial charge in [-0.15, -0.1) is 0 Å². The van der Waals surface area contributed by atoms with Gasteiger partial charge in [-0.05, 0) is 46.8 Å². The zero-order valence-corrected chi connectivity index (χ0v) is 15.0. The second kappa shape index (κ2) is 6.92. The number of nitrogens with zero attached hydrogens (tertiary/aromatic N) is 2. The molecule has 0 saturated heterocycles. The standard InChI is InChI=1S/C17H23N5O3/c1-16(2,3)25-15(24)20-17(4,5)14(23)19-13-10-12(21-22-13)11-6-8-18-9-7-11/h6-10H,1-5H3,(H,20,24)(H2,19,21,22,23). The number of aromatic nitrogens is 3. The molecule has 0 radical (unpaired) electrons. The number of hydrogen-bond donors (Lipinski definition) is 3. The Labute approximate surface area is 146 Å². The van der Waals surface area contributed by atoms with Crippen molar-refractivity contribution in [3.63, 3.8) is 0 Å². The number of anilines is 1. The summed E-state index contributed by atoms with van der Waals surface area (Å²) in [6.45, 7) is 8.43. The van der Waals surface area contributed by atoms with Crippen LogP contribution in [0.1, 0.15) is 34.6 Å². The van der Waals surface area contributed by atoms with Gasteiger partial charge in [-0.1, -0.05) is 0 Å². The molecule has 2 rings (SSSR count). The van der Waals surface area contributed by atoms with Crippen LogP contribution in [0.2, 0.25) is 0 Å². The molecule has 0 bridgehead atoms. The highest BCUT2D eigenvalue weighted by atomic mass is 16.6. The molecule has 0 saturated carbocycles. The molecule has 8 nitrogen and oxygen atoms in total. The molecule has 2 aromatic heterocycles. The van der Waals surface area contributed by atoms with E-state index in [0.717, 1.165) is 11.3 Å². The summed E-state index contributed by atoms with van der Waals surface area (Å²) in [6, 6.07) is 5.36. The van der Waals surface area contributed by atoms with Crippen molar-refractivity contribution in [2.45, 2.75) is 45.8 Å². The summed E-state index contributed by atoms with van der Waals surface area (Å²) < 4.78 is 5.18. The number of H-pyrrole nitrogens is 1. The number of hydrogen-bond acceptors (Lipinski definition) is 5. The fourth-order valence-electron chi connectivity index (χ4n) is 1.95. The maximum Gasteiger partial charge on any atom is 0.408 e.